The van der Waals surface area contributed by atoms with Crippen LogP contribution in [0.15, 0.2) is 16.6 Å². The van der Waals surface area contributed by atoms with E-state index in [1.807, 2.05) is 0 Å². The number of nitrogens with one attached hydrogen (secondary N) is 1. The largest absolute Gasteiger partial charge is 0.310 e. The third-order valence-electron chi connectivity index (χ3n) is 4.07. The van der Waals surface area contributed by atoms with Crippen LogP contribution in [-0.4, -0.2) is 6.54 Å². The van der Waals surface area contributed by atoms with E-state index in [2.05, 4.69) is 74.9 Å². The lowest BCUT2D eigenvalue weighted by atomic mass is 9.84. The number of hydrogen-bond donors (Lipinski definition) is 1. The Bertz CT molecular complexity index is 412. The minimum atomic E-state index is 0.451. The number of benzene rings is 1. The first-order valence-electron chi connectivity index (χ1n) is 7.38. The van der Waals surface area contributed by atoms with Crippen LogP contribution in [-0.2, 0) is 0 Å². The maximum atomic E-state index is 3.74. The third kappa shape index (κ3) is 4.32. The Labute approximate surface area is 127 Å². The fraction of sp³-hybridized carbons (Fsp3) is 0.647. The summed E-state index contributed by atoms with van der Waals surface area (Å²) in [5, 5.41) is 3.74. The highest BCUT2D eigenvalue weighted by Gasteiger charge is 2.23. The van der Waals surface area contributed by atoms with Crippen molar-refractivity contribution < 1.29 is 0 Å². The Morgan fingerprint density at radius 2 is 1.74 bits per heavy atom. The molecule has 1 N–H and O–H groups in total. The first-order valence-corrected chi connectivity index (χ1v) is 8.17. The van der Waals surface area contributed by atoms with E-state index in [-0.39, 0.29) is 0 Å². The second kappa shape index (κ2) is 7.44. The summed E-state index contributed by atoms with van der Waals surface area (Å²) in [4.78, 5) is 0. The van der Waals surface area contributed by atoms with Crippen LogP contribution < -0.4 is 5.32 Å². The van der Waals surface area contributed by atoms with E-state index in [0.29, 0.717) is 17.9 Å². The number of aryl methyl sites for hydroxylation is 2. The smallest absolute Gasteiger partial charge is 0.0351 e. The Morgan fingerprint density at radius 3 is 2.26 bits per heavy atom. The number of halogens is 1. The summed E-state index contributed by atoms with van der Waals surface area (Å²) in [6.07, 6.45) is 1.18. The first-order chi connectivity index (χ1) is 8.88. The summed E-state index contributed by atoms with van der Waals surface area (Å²) < 4.78 is 1.21. The van der Waals surface area contributed by atoms with E-state index in [4.69, 9.17) is 0 Å². The summed E-state index contributed by atoms with van der Waals surface area (Å²) in [6.45, 7) is 14.7. The van der Waals surface area contributed by atoms with Crippen LogP contribution in [0, 0.1) is 25.7 Å². The maximum absolute atomic E-state index is 3.74. The highest BCUT2D eigenvalue weighted by Crippen LogP contribution is 2.32. The molecular weight excluding hydrogens is 298 g/mol. The Morgan fingerprint density at radius 1 is 1.11 bits per heavy atom. The summed E-state index contributed by atoms with van der Waals surface area (Å²) in [5.41, 5.74) is 4.15. The average Bonchev–Trinajstić information content (AvgIpc) is 2.35. The van der Waals surface area contributed by atoms with Crippen molar-refractivity contribution in [3.8, 4) is 0 Å². The summed E-state index contributed by atoms with van der Waals surface area (Å²) >= 11 is 3.63. The van der Waals surface area contributed by atoms with Gasteiger partial charge in [-0.25, -0.2) is 0 Å². The zero-order valence-electron chi connectivity index (χ0n) is 13.2. The summed E-state index contributed by atoms with van der Waals surface area (Å²) in [6, 6.07) is 5.04. The molecule has 0 spiro atoms. The average molecular weight is 326 g/mol. The first kappa shape index (κ1) is 16.7. The van der Waals surface area contributed by atoms with Gasteiger partial charge in [0.1, 0.15) is 0 Å². The minimum Gasteiger partial charge on any atom is -0.310 e. The second-order valence-corrected chi connectivity index (χ2v) is 6.85. The van der Waals surface area contributed by atoms with E-state index in [1.54, 1.807) is 0 Å². The van der Waals surface area contributed by atoms with Crippen molar-refractivity contribution in [1.29, 1.82) is 0 Å². The van der Waals surface area contributed by atoms with Gasteiger partial charge in [0.05, 0.1) is 0 Å². The molecule has 0 aliphatic rings. The lowest BCUT2D eigenvalue weighted by Crippen LogP contribution is -2.30. The molecule has 108 valence electrons. The van der Waals surface area contributed by atoms with E-state index in [0.717, 1.165) is 6.54 Å². The topological polar surface area (TPSA) is 12.0 Å². The quantitative estimate of drug-likeness (QED) is 0.738. The van der Waals surface area contributed by atoms with E-state index in [9.17, 15) is 0 Å². The molecule has 0 aliphatic carbocycles. The summed E-state index contributed by atoms with van der Waals surface area (Å²) in [7, 11) is 0. The van der Waals surface area contributed by atoms with Crippen LogP contribution in [0.3, 0.4) is 0 Å². The molecule has 0 saturated heterocycles. The molecule has 0 fully saturated rings. The molecule has 1 aromatic rings. The highest BCUT2D eigenvalue weighted by atomic mass is 79.9. The van der Waals surface area contributed by atoms with Crippen LogP contribution in [0.4, 0.5) is 0 Å². The van der Waals surface area contributed by atoms with Gasteiger partial charge in [-0.3, -0.25) is 0 Å². The molecule has 0 aliphatic heterocycles. The van der Waals surface area contributed by atoms with Gasteiger partial charge in [-0.15, -0.1) is 0 Å². The van der Waals surface area contributed by atoms with Gasteiger partial charge >= 0.3 is 0 Å². The third-order valence-corrected chi connectivity index (χ3v) is 4.93. The van der Waals surface area contributed by atoms with E-state index in [1.165, 1.54) is 27.6 Å². The van der Waals surface area contributed by atoms with Gasteiger partial charge in [0.2, 0.25) is 0 Å². The highest BCUT2D eigenvalue weighted by molar-refractivity contribution is 9.10. The molecule has 2 heteroatoms. The predicted octanol–water partition coefficient (Wildman–Crippen LogP) is 5.40. The molecule has 2 unspecified atom stereocenters. The second-order valence-electron chi connectivity index (χ2n) is 5.99. The zero-order valence-corrected chi connectivity index (χ0v) is 14.8. The lowest BCUT2D eigenvalue weighted by Gasteiger charge is -2.30. The van der Waals surface area contributed by atoms with Crippen molar-refractivity contribution in [3.05, 3.63) is 33.3 Å². The monoisotopic (exact) mass is 325 g/mol. The van der Waals surface area contributed by atoms with Gasteiger partial charge in [0.25, 0.3) is 0 Å². The van der Waals surface area contributed by atoms with Crippen molar-refractivity contribution in [3.63, 3.8) is 0 Å². The molecule has 0 aromatic heterocycles. The van der Waals surface area contributed by atoms with Gasteiger partial charge in [0, 0.05) is 10.5 Å². The molecule has 0 saturated carbocycles. The zero-order chi connectivity index (χ0) is 14.6. The molecule has 0 amide bonds. The molecule has 1 nitrogen and oxygen atoms in total. The van der Waals surface area contributed by atoms with Gasteiger partial charge in [-0.2, -0.15) is 0 Å². The normalized spacial score (nSPS) is 14.7. The molecule has 0 bridgehead atoms. The van der Waals surface area contributed by atoms with Crippen molar-refractivity contribution in [2.75, 3.05) is 6.54 Å². The van der Waals surface area contributed by atoms with Crippen LogP contribution >= 0.6 is 15.9 Å². The number of hydrogen-bond acceptors (Lipinski definition) is 1. The van der Waals surface area contributed by atoms with Crippen molar-refractivity contribution in [2.45, 2.75) is 54.0 Å². The van der Waals surface area contributed by atoms with Crippen LogP contribution in [0.2, 0.25) is 0 Å². The predicted molar refractivity (Wildman–Crippen MR) is 88.7 cm³/mol. The summed E-state index contributed by atoms with van der Waals surface area (Å²) in [5.74, 6) is 1.31. The standard InChI is InChI=1S/C17H28BrN/c1-7-8-19-17(14(6)11(2)3)15-9-13(5)16(18)10-12(15)4/h9-11,14,17,19H,7-8H2,1-6H3. The molecule has 0 heterocycles. The van der Waals surface area contributed by atoms with Crippen molar-refractivity contribution >= 4 is 15.9 Å². The maximum Gasteiger partial charge on any atom is 0.0351 e. The van der Waals surface area contributed by atoms with Gasteiger partial charge in [-0.05, 0) is 61.4 Å². The van der Waals surface area contributed by atoms with Gasteiger partial charge in [-0.1, -0.05) is 49.7 Å². The fourth-order valence-corrected chi connectivity index (χ4v) is 2.86. The lowest BCUT2D eigenvalue weighted by molar-refractivity contribution is 0.303. The number of rotatable bonds is 6. The van der Waals surface area contributed by atoms with Gasteiger partial charge in [0.15, 0.2) is 0 Å². The molecular formula is C17H28BrN. The molecule has 0 radical (unpaired) electrons. The molecule has 1 aromatic carbocycles. The van der Waals surface area contributed by atoms with E-state index < -0.39 is 0 Å². The van der Waals surface area contributed by atoms with Gasteiger partial charge < -0.3 is 5.32 Å². The van der Waals surface area contributed by atoms with Crippen LogP contribution in [0.1, 0.15) is 56.8 Å². The van der Waals surface area contributed by atoms with Crippen LogP contribution in [0.5, 0.6) is 0 Å². The fourth-order valence-electron chi connectivity index (χ4n) is 2.40. The van der Waals surface area contributed by atoms with E-state index >= 15 is 0 Å². The Hall–Kier alpha value is -0.340. The minimum absolute atomic E-state index is 0.451. The van der Waals surface area contributed by atoms with Crippen LogP contribution in [0.25, 0.3) is 0 Å². The SMILES string of the molecule is CCCNC(c1cc(C)c(Br)cc1C)C(C)C(C)C. The molecule has 2 atom stereocenters. The Balaban J connectivity index is 3.13. The Kier molecular flexibility index (Phi) is 6.55. The van der Waals surface area contributed by atoms with Crippen molar-refractivity contribution in [1.82, 2.24) is 5.32 Å². The molecule has 1 rings (SSSR count). The molecule has 19 heavy (non-hydrogen) atoms. The van der Waals surface area contributed by atoms with Crippen molar-refractivity contribution in [2.24, 2.45) is 11.8 Å².